The van der Waals surface area contributed by atoms with E-state index in [0.29, 0.717) is 28.7 Å². The minimum atomic E-state index is -0.0935. The third kappa shape index (κ3) is 1.60. The maximum atomic E-state index is 11.7. The van der Waals surface area contributed by atoms with Crippen LogP contribution >= 0.6 is 0 Å². The molecule has 0 saturated carbocycles. The molecule has 1 aromatic heterocycles. The predicted octanol–water partition coefficient (Wildman–Crippen LogP) is 2.54. The quantitative estimate of drug-likeness (QED) is 0.785. The van der Waals surface area contributed by atoms with Gasteiger partial charge in [0.2, 0.25) is 0 Å². The van der Waals surface area contributed by atoms with Crippen LogP contribution in [0.2, 0.25) is 0 Å². The molecule has 0 unspecified atom stereocenters. The third-order valence-electron chi connectivity index (χ3n) is 2.45. The van der Waals surface area contributed by atoms with Gasteiger partial charge in [-0.1, -0.05) is 6.08 Å². The molecule has 3 heteroatoms. The molecule has 0 amide bonds. The number of phenolic OH excluding ortho intramolecular Hbond substituents is 1. The average molecular weight is 216 g/mol. The van der Waals surface area contributed by atoms with Crippen molar-refractivity contribution in [2.24, 2.45) is 0 Å². The maximum absolute atomic E-state index is 11.7. The molecule has 16 heavy (non-hydrogen) atoms. The summed E-state index contributed by atoms with van der Waals surface area (Å²) in [5.74, 6) is 0.662. The Morgan fingerprint density at radius 3 is 2.94 bits per heavy atom. The number of rotatable bonds is 2. The first-order valence-electron chi connectivity index (χ1n) is 4.99. The Labute approximate surface area is 92.6 Å². The fourth-order valence-corrected chi connectivity index (χ4v) is 1.72. The molecule has 0 radical (unpaired) electrons. The average Bonchev–Trinajstić information content (AvgIpc) is 2.22. The monoisotopic (exact) mass is 216 g/mol. The Morgan fingerprint density at radius 1 is 1.50 bits per heavy atom. The van der Waals surface area contributed by atoms with Crippen molar-refractivity contribution in [2.75, 3.05) is 0 Å². The van der Waals surface area contributed by atoms with Crippen molar-refractivity contribution < 1.29 is 9.52 Å². The predicted molar refractivity (Wildman–Crippen MR) is 62.8 cm³/mol. The Hall–Kier alpha value is -2.03. The van der Waals surface area contributed by atoms with E-state index < -0.39 is 0 Å². The standard InChI is InChI=1S/C13H12O3/c1-3-4-9-11(14)6-5-10-12(15)7-8(2)16-13(9)10/h3,5-7,14H,1,4H2,2H3. The molecule has 2 rings (SSSR count). The highest BCUT2D eigenvalue weighted by molar-refractivity contribution is 5.82. The molecule has 82 valence electrons. The van der Waals surface area contributed by atoms with E-state index in [1.807, 2.05) is 0 Å². The molecule has 1 aromatic carbocycles. The van der Waals surface area contributed by atoms with Crippen molar-refractivity contribution in [3.63, 3.8) is 0 Å². The summed E-state index contributed by atoms with van der Waals surface area (Å²) in [6.07, 6.45) is 2.13. The molecule has 0 aliphatic carbocycles. The minimum Gasteiger partial charge on any atom is -0.508 e. The zero-order chi connectivity index (χ0) is 11.7. The van der Waals surface area contributed by atoms with Crippen LogP contribution in [0.25, 0.3) is 11.0 Å². The highest BCUT2D eigenvalue weighted by atomic mass is 16.3. The number of phenols is 1. The van der Waals surface area contributed by atoms with Crippen LogP contribution in [0.1, 0.15) is 11.3 Å². The van der Waals surface area contributed by atoms with E-state index in [4.69, 9.17) is 4.42 Å². The molecule has 0 aliphatic heterocycles. The van der Waals surface area contributed by atoms with Crippen LogP contribution in [-0.2, 0) is 6.42 Å². The van der Waals surface area contributed by atoms with Crippen molar-refractivity contribution in [1.29, 1.82) is 0 Å². The van der Waals surface area contributed by atoms with E-state index in [1.54, 1.807) is 19.1 Å². The van der Waals surface area contributed by atoms with Crippen molar-refractivity contribution in [1.82, 2.24) is 0 Å². The number of fused-ring (bicyclic) bond motifs is 1. The maximum Gasteiger partial charge on any atom is 0.192 e. The first-order valence-corrected chi connectivity index (χ1v) is 4.99. The SMILES string of the molecule is C=CCc1c(O)ccc2c(=O)cc(C)oc12. The number of hydrogen-bond donors (Lipinski definition) is 1. The molecule has 0 aliphatic rings. The third-order valence-corrected chi connectivity index (χ3v) is 2.45. The minimum absolute atomic E-state index is 0.0935. The van der Waals surface area contributed by atoms with Gasteiger partial charge in [0, 0.05) is 11.6 Å². The van der Waals surface area contributed by atoms with Gasteiger partial charge < -0.3 is 9.52 Å². The van der Waals surface area contributed by atoms with Crippen LogP contribution in [0.5, 0.6) is 5.75 Å². The molecule has 3 nitrogen and oxygen atoms in total. The van der Waals surface area contributed by atoms with Crippen LogP contribution in [0.15, 0.2) is 40.1 Å². The second-order valence-electron chi connectivity index (χ2n) is 3.65. The number of hydrogen-bond acceptors (Lipinski definition) is 3. The van der Waals surface area contributed by atoms with Gasteiger partial charge in [-0.25, -0.2) is 0 Å². The summed E-state index contributed by atoms with van der Waals surface area (Å²) in [5.41, 5.74) is 0.960. The van der Waals surface area contributed by atoms with Gasteiger partial charge in [0.05, 0.1) is 5.39 Å². The lowest BCUT2D eigenvalue weighted by atomic mass is 10.1. The van der Waals surface area contributed by atoms with Crippen molar-refractivity contribution >= 4 is 11.0 Å². The topological polar surface area (TPSA) is 50.4 Å². The van der Waals surface area contributed by atoms with Gasteiger partial charge in [0.1, 0.15) is 17.1 Å². The molecule has 0 atom stereocenters. The van der Waals surface area contributed by atoms with E-state index in [1.165, 1.54) is 12.1 Å². The Balaban J connectivity index is 2.91. The smallest absolute Gasteiger partial charge is 0.192 e. The van der Waals surface area contributed by atoms with Crippen LogP contribution < -0.4 is 5.43 Å². The summed E-state index contributed by atoms with van der Waals surface area (Å²) < 4.78 is 5.50. The number of allylic oxidation sites excluding steroid dienone is 1. The van der Waals surface area contributed by atoms with E-state index in [0.717, 1.165) is 0 Å². The number of aryl methyl sites for hydroxylation is 1. The fourth-order valence-electron chi connectivity index (χ4n) is 1.72. The molecular formula is C13H12O3. The highest BCUT2D eigenvalue weighted by Gasteiger charge is 2.10. The molecule has 0 saturated heterocycles. The summed E-state index contributed by atoms with van der Waals surface area (Å²) in [6.45, 7) is 5.33. The van der Waals surface area contributed by atoms with Gasteiger partial charge in [0.25, 0.3) is 0 Å². The lowest BCUT2D eigenvalue weighted by Crippen LogP contribution is -2.02. The Bertz CT molecular complexity index is 608. The molecule has 1 heterocycles. The Kier molecular flexibility index (Phi) is 2.52. The zero-order valence-electron chi connectivity index (χ0n) is 8.99. The molecule has 0 bridgehead atoms. The van der Waals surface area contributed by atoms with Crippen LogP contribution in [0, 0.1) is 6.92 Å². The van der Waals surface area contributed by atoms with E-state index in [2.05, 4.69) is 6.58 Å². The zero-order valence-corrected chi connectivity index (χ0v) is 8.99. The Morgan fingerprint density at radius 2 is 2.25 bits per heavy atom. The summed E-state index contributed by atoms with van der Waals surface area (Å²) in [6, 6.07) is 4.52. The number of aromatic hydroxyl groups is 1. The molecular weight excluding hydrogens is 204 g/mol. The van der Waals surface area contributed by atoms with Crippen molar-refractivity contribution in [3.05, 3.63) is 52.4 Å². The van der Waals surface area contributed by atoms with Gasteiger partial charge in [-0.05, 0) is 25.5 Å². The normalized spacial score (nSPS) is 10.6. The highest BCUT2D eigenvalue weighted by Crippen LogP contribution is 2.26. The first-order chi connectivity index (χ1) is 7.63. The molecule has 2 aromatic rings. The first kappa shape index (κ1) is 10.5. The van der Waals surface area contributed by atoms with Crippen LogP contribution in [-0.4, -0.2) is 5.11 Å². The van der Waals surface area contributed by atoms with Crippen molar-refractivity contribution in [2.45, 2.75) is 13.3 Å². The summed E-state index contributed by atoms with van der Waals surface area (Å²) >= 11 is 0. The van der Waals surface area contributed by atoms with Gasteiger partial charge in [-0.3, -0.25) is 4.79 Å². The van der Waals surface area contributed by atoms with E-state index in [9.17, 15) is 9.90 Å². The summed E-state index contributed by atoms with van der Waals surface area (Å²) in [4.78, 5) is 11.7. The second kappa shape index (κ2) is 3.85. The van der Waals surface area contributed by atoms with Crippen molar-refractivity contribution in [3.8, 4) is 5.75 Å². The lowest BCUT2D eigenvalue weighted by molar-refractivity contribution is 0.467. The van der Waals surface area contributed by atoms with Gasteiger partial charge in [0.15, 0.2) is 5.43 Å². The molecule has 1 N–H and O–H groups in total. The number of benzene rings is 1. The van der Waals surface area contributed by atoms with E-state index in [-0.39, 0.29) is 11.2 Å². The molecule has 0 fully saturated rings. The summed E-state index contributed by atoms with van der Waals surface area (Å²) in [7, 11) is 0. The van der Waals surface area contributed by atoms with Gasteiger partial charge in [-0.2, -0.15) is 0 Å². The fraction of sp³-hybridized carbons (Fsp3) is 0.154. The van der Waals surface area contributed by atoms with Crippen LogP contribution in [0.3, 0.4) is 0 Å². The van der Waals surface area contributed by atoms with Gasteiger partial charge in [-0.15, -0.1) is 6.58 Å². The van der Waals surface area contributed by atoms with E-state index >= 15 is 0 Å². The summed E-state index contributed by atoms with van der Waals surface area (Å²) in [5, 5.41) is 10.2. The second-order valence-corrected chi connectivity index (χ2v) is 3.65. The largest absolute Gasteiger partial charge is 0.508 e. The molecule has 0 spiro atoms. The lowest BCUT2D eigenvalue weighted by Gasteiger charge is -2.06. The van der Waals surface area contributed by atoms with Crippen LogP contribution in [0.4, 0.5) is 0 Å². The van der Waals surface area contributed by atoms with Gasteiger partial charge >= 0.3 is 0 Å².